The van der Waals surface area contributed by atoms with Crippen molar-refractivity contribution in [2.24, 2.45) is 0 Å². The van der Waals surface area contributed by atoms with E-state index in [1.165, 1.54) is 5.56 Å². The van der Waals surface area contributed by atoms with Crippen LogP contribution in [0.3, 0.4) is 0 Å². The maximum atomic E-state index is 6.01. The molecule has 4 nitrogen and oxygen atoms in total. The van der Waals surface area contributed by atoms with Gasteiger partial charge in [0.15, 0.2) is 11.5 Å². The largest absolute Gasteiger partial charge is 0.493 e. The van der Waals surface area contributed by atoms with Crippen LogP contribution in [-0.2, 0) is 13.0 Å². The van der Waals surface area contributed by atoms with E-state index in [0.29, 0.717) is 0 Å². The number of benzene rings is 2. The molecule has 0 aliphatic carbocycles. The average Bonchev–Trinajstić information content (AvgIpc) is 3.13. The Morgan fingerprint density at radius 1 is 1.12 bits per heavy atom. The van der Waals surface area contributed by atoms with E-state index in [1.54, 1.807) is 25.6 Å². The number of methoxy groups -OCH3 is 2. The quantitative estimate of drug-likeness (QED) is 0.562. The zero-order valence-electron chi connectivity index (χ0n) is 14.8. The number of halogens is 1. The minimum absolute atomic E-state index is 0.722. The fourth-order valence-electron chi connectivity index (χ4n) is 2.72. The first-order chi connectivity index (χ1) is 12.7. The van der Waals surface area contributed by atoms with Crippen LogP contribution in [-0.4, -0.2) is 25.7 Å². The van der Waals surface area contributed by atoms with Crippen molar-refractivity contribution in [3.63, 3.8) is 0 Å². The van der Waals surface area contributed by atoms with Crippen LogP contribution >= 0.6 is 22.9 Å². The molecular formula is C20H21ClN2O2S. The Morgan fingerprint density at radius 3 is 2.73 bits per heavy atom. The minimum atomic E-state index is 0.722. The summed E-state index contributed by atoms with van der Waals surface area (Å²) >= 11 is 7.67. The molecule has 0 saturated carbocycles. The third-order valence-electron chi connectivity index (χ3n) is 3.98. The van der Waals surface area contributed by atoms with Crippen molar-refractivity contribution >= 4 is 22.9 Å². The van der Waals surface area contributed by atoms with Crippen LogP contribution in [0.2, 0.25) is 5.02 Å². The SMILES string of the molecule is COc1cccc(-c2cnc(CNCCc3cccc(Cl)c3)s2)c1OC. The van der Waals surface area contributed by atoms with Gasteiger partial charge in [0.2, 0.25) is 0 Å². The second-order valence-electron chi connectivity index (χ2n) is 5.72. The van der Waals surface area contributed by atoms with Crippen molar-refractivity contribution in [3.8, 4) is 21.9 Å². The van der Waals surface area contributed by atoms with Crippen molar-refractivity contribution in [3.05, 3.63) is 64.3 Å². The van der Waals surface area contributed by atoms with Crippen molar-refractivity contribution in [1.82, 2.24) is 10.3 Å². The first-order valence-electron chi connectivity index (χ1n) is 8.32. The topological polar surface area (TPSA) is 43.4 Å². The van der Waals surface area contributed by atoms with Crippen molar-refractivity contribution in [2.75, 3.05) is 20.8 Å². The molecule has 136 valence electrons. The fourth-order valence-corrected chi connectivity index (χ4v) is 3.84. The van der Waals surface area contributed by atoms with Gasteiger partial charge < -0.3 is 14.8 Å². The van der Waals surface area contributed by atoms with E-state index in [1.807, 2.05) is 42.6 Å². The number of hydrogen-bond acceptors (Lipinski definition) is 5. The van der Waals surface area contributed by atoms with Gasteiger partial charge in [-0.1, -0.05) is 29.8 Å². The number of rotatable bonds is 8. The molecule has 0 aliphatic heterocycles. The van der Waals surface area contributed by atoms with Gasteiger partial charge in [0.1, 0.15) is 5.01 Å². The molecule has 3 rings (SSSR count). The summed E-state index contributed by atoms with van der Waals surface area (Å²) < 4.78 is 10.9. The Kier molecular flexibility index (Phi) is 6.50. The van der Waals surface area contributed by atoms with Crippen LogP contribution in [0.4, 0.5) is 0 Å². The standard InChI is InChI=1S/C20H21ClN2O2S/c1-24-17-8-4-7-16(20(17)25-2)18-12-23-19(26-18)13-22-10-9-14-5-3-6-15(21)11-14/h3-8,11-12,22H,9-10,13H2,1-2H3. The molecular weight excluding hydrogens is 368 g/mol. The molecule has 0 fully saturated rings. The maximum absolute atomic E-state index is 6.01. The Bertz CT molecular complexity index is 867. The summed E-state index contributed by atoms with van der Waals surface area (Å²) in [4.78, 5) is 5.58. The lowest BCUT2D eigenvalue weighted by Gasteiger charge is -2.10. The van der Waals surface area contributed by atoms with Crippen LogP contribution in [0.15, 0.2) is 48.7 Å². The summed E-state index contributed by atoms with van der Waals surface area (Å²) in [6.45, 7) is 1.61. The van der Waals surface area contributed by atoms with Crippen LogP contribution < -0.4 is 14.8 Å². The van der Waals surface area contributed by atoms with Crippen LogP contribution in [0, 0.1) is 0 Å². The van der Waals surface area contributed by atoms with Crippen molar-refractivity contribution in [2.45, 2.75) is 13.0 Å². The van der Waals surface area contributed by atoms with E-state index in [2.05, 4.69) is 16.4 Å². The van der Waals surface area contributed by atoms with Crippen molar-refractivity contribution < 1.29 is 9.47 Å². The zero-order chi connectivity index (χ0) is 18.4. The third-order valence-corrected chi connectivity index (χ3v) is 5.24. The van der Waals surface area contributed by atoms with Gasteiger partial charge in [0.25, 0.3) is 0 Å². The van der Waals surface area contributed by atoms with Crippen LogP contribution in [0.25, 0.3) is 10.4 Å². The number of hydrogen-bond donors (Lipinski definition) is 1. The molecule has 26 heavy (non-hydrogen) atoms. The van der Waals surface area contributed by atoms with Gasteiger partial charge in [-0.25, -0.2) is 4.98 Å². The number of thiazole rings is 1. The molecule has 0 radical (unpaired) electrons. The molecule has 1 heterocycles. The lowest BCUT2D eigenvalue weighted by atomic mass is 10.1. The van der Waals surface area contributed by atoms with Gasteiger partial charge in [0, 0.05) is 23.3 Å². The van der Waals surface area contributed by atoms with E-state index in [9.17, 15) is 0 Å². The predicted octanol–water partition coefficient (Wildman–Crippen LogP) is 4.81. The monoisotopic (exact) mass is 388 g/mol. The van der Waals surface area contributed by atoms with Crippen molar-refractivity contribution in [1.29, 1.82) is 0 Å². The van der Waals surface area contributed by atoms with E-state index in [0.717, 1.165) is 51.5 Å². The molecule has 0 spiro atoms. The lowest BCUT2D eigenvalue weighted by Crippen LogP contribution is -2.16. The first kappa shape index (κ1) is 18.7. The molecule has 2 aromatic carbocycles. The third kappa shape index (κ3) is 4.55. The molecule has 0 unspecified atom stereocenters. The minimum Gasteiger partial charge on any atom is -0.493 e. The molecule has 0 amide bonds. The lowest BCUT2D eigenvalue weighted by molar-refractivity contribution is 0.356. The molecule has 6 heteroatoms. The average molecular weight is 389 g/mol. The highest BCUT2D eigenvalue weighted by atomic mass is 35.5. The van der Waals surface area contributed by atoms with Gasteiger partial charge in [-0.05, 0) is 42.8 Å². The number of nitrogens with zero attached hydrogens (tertiary/aromatic N) is 1. The van der Waals surface area contributed by atoms with Gasteiger partial charge in [-0.2, -0.15) is 0 Å². The summed E-state index contributed by atoms with van der Waals surface area (Å²) in [5, 5.41) is 5.25. The number of nitrogens with one attached hydrogen (secondary N) is 1. The first-order valence-corrected chi connectivity index (χ1v) is 9.52. The molecule has 1 aromatic heterocycles. The molecule has 3 aromatic rings. The van der Waals surface area contributed by atoms with Crippen LogP contribution in [0.1, 0.15) is 10.6 Å². The normalized spacial score (nSPS) is 10.7. The Balaban J connectivity index is 1.60. The van der Waals surface area contributed by atoms with E-state index >= 15 is 0 Å². The molecule has 0 atom stereocenters. The second-order valence-corrected chi connectivity index (χ2v) is 7.27. The molecule has 0 saturated heterocycles. The summed E-state index contributed by atoms with van der Waals surface area (Å²) in [5.41, 5.74) is 2.22. The highest BCUT2D eigenvalue weighted by molar-refractivity contribution is 7.15. The Morgan fingerprint density at radius 2 is 1.96 bits per heavy atom. The highest BCUT2D eigenvalue weighted by Gasteiger charge is 2.13. The second kappa shape index (κ2) is 9.03. The smallest absolute Gasteiger partial charge is 0.169 e. The Labute approximate surface area is 162 Å². The van der Waals surface area contributed by atoms with Gasteiger partial charge >= 0.3 is 0 Å². The predicted molar refractivity (Wildman–Crippen MR) is 108 cm³/mol. The maximum Gasteiger partial charge on any atom is 0.169 e. The molecule has 1 N–H and O–H groups in total. The van der Waals surface area contributed by atoms with E-state index < -0.39 is 0 Å². The van der Waals surface area contributed by atoms with E-state index in [4.69, 9.17) is 21.1 Å². The number of ether oxygens (including phenoxy) is 2. The zero-order valence-corrected chi connectivity index (χ0v) is 16.4. The summed E-state index contributed by atoms with van der Waals surface area (Å²) in [6.07, 6.45) is 2.82. The number of para-hydroxylation sites is 1. The molecule has 0 aliphatic rings. The van der Waals surface area contributed by atoms with Gasteiger partial charge in [-0.3, -0.25) is 0 Å². The van der Waals surface area contributed by atoms with E-state index in [-0.39, 0.29) is 0 Å². The van der Waals surface area contributed by atoms with Crippen LogP contribution in [0.5, 0.6) is 11.5 Å². The molecule has 0 bridgehead atoms. The van der Waals surface area contributed by atoms with Gasteiger partial charge in [0.05, 0.1) is 19.1 Å². The summed E-state index contributed by atoms with van der Waals surface area (Å²) in [6, 6.07) is 13.8. The highest BCUT2D eigenvalue weighted by Crippen LogP contribution is 2.39. The van der Waals surface area contributed by atoms with Gasteiger partial charge in [-0.15, -0.1) is 11.3 Å². The summed E-state index contributed by atoms with van der Waals surface area (Å²) in [7, 11) is 3.30. The number of aromatic nitrogens is 1. The fraction of sp³-hybridized carbons (Fsp3) is 0.250. The Hall–Kier alpha value is -2.08. The summed E-state index contributed by atoms with van der Waals surface area (Å²) in [5.74, 6) is 1.46.